The number of carbonyl (C=O) groups excluding carboxylic acids is 2. The lowest BCUT2D eigenvalue weighted by Gasteiger charge is -2.16. The third-order valence-corrected chi connectivity index (χ3v) is 5.17. The second-order valence-corrected chi connectivity index (χ2v) is 7.07. The van der Waals surface area contributed by atoms with E-state index in [2.05, 4.69) is 22.2 Å². The highest BCUT2D eigenvalue weighted by molar-refractivity contribution is 5.99. The highest BCUT2D eigenvalue weighted by Gasteiger charge is 2.34. The number of hydrogen-bond donors (Lipinski definition) is 3. The number of aromatic nitrogens is 2. The van der Waals surface area contributed by atoms with Crippen molar-refractivity contribution in [2.24, 2.45) is 5.92 Å². The fourth-order valence-electron chi connectivity index (χ4n) is 3.63. The summed E-state index contributed by atoms with van der Waals surface area (Å²) in [6.45, 7) is 5.24. The summed E-state index contributed by atoms with van der Waals surface area (Å²) in [6, 6.07) is 11.4. The van der Waals surface area contributed by atoms with E-state index in [1.807, 2.05) is 36.1 Å². The molecular formula is C20H22N4O2. The van der Waals surface area contributed by atoms with Crippen LogP contribution in [0.4, 0.5) is 0 Å². The maximum atomic E-state index is 12.9. The van der Waals surface area contributed by atoms with Crippen LogP contribution in [0.15, 0.2) is 42.6 Å². The maximum absolute atomic E-state index is 12.9. The summed E-state index contributed by atoms with van der Waals surface area (Å²) in [5, 5.41) is 4.10. The van der Waals surface area contributed by atoms with Gasteiger partial charge in [-0.2, -0.15) is 0 Å². The van der Waals surface area contributed by atoms with Crippen LogP contribution < -0.4 is 5.32 Å². The molecular weight excluding hydrogens is 328 g/mol. The second-order valence-electron chi connectivity index (χ2n) is 7.07. The summed E-state index contributed by atoms with van der Waals surface area (Å²) < 4.78 is 0. The van der Waals surface area contributed by atoms with Gasteiger partial charge < -0.3 is 20.2 Å². The van der Waals surface area contributed by atoms with Crippen LogP contribution in [0.2, 0.25) is 0 Å². The predicted molar refractivity (Wildman–Crippen MR) is 100 cm³/mol. The van der Waals surface area contributed by atoms with E-state index in [-0.39, 0.29) is 23.8 Å². The molecule has 0 saturated carbocycles. The van der Waals surface area contributed by atoms with Gasteiger partial charge in [-0.3, -0.25) is 9.59 Å². The normalized spacial score (nSPS) is 19.8. The third-order valence-electron chi connectivity index (χ3n) is 5.17. The van der Waals surface area contributed by atoms with E-state index < -0.39 is 0 Å². The molecule has 2 atom stereocenters. The van der Waals surface area contributed by atoms with E-state index >= 15 is 0 Å². The van der Waals surface area contributed by atoms with Crippen molar-refractivity contribution in [3.63, 3.8) is 0 Å². The molecule has 2 unspecified atom stereocenters. The van der Waals surface area contributed by atoms with Crippen molar-refractivity contribution in [2.45, 2.75) is 19.9 Å². The highest BCUT2D eigenvalue weighted by atomic mass is 16.2. The lowest BCUT2D eigenvalue weighted by atomic mass is 10.1. The van der Waals surface area contributed by atoms with Crippen molar-refractivity contribution in [3.05, 3.63) is 59.5 Å². The largest absolute Gasteiger partial charge is 0.357 e. The number of nitrogens with zero attached hydrogens (tertiary/aromatic N) is 1. The fourth-order valence-corrected chi connectivity index (χ4v) is 3.63. The molecule has 4 rings (SSSR count). The molecule has 3 aromatic rings. The number of aryl methyl sites for hydroxylation is 1. The first-order valence-electron chi connectivity index (χ1n) is 8.85. The van der Waals surface area contributed by atoms with Gasteiger partial charge in [-0.05, 0) is 42.7 Å². The quantitative estimate of drug-likeness (QED) is 0.679. The molecule has 3 N–H and O–H groups in total. The van der Waals surface area contributed by atoms with Gasteiger partial charge >= 0.3 is 0 Å². The van der Waals surface area contributed by atoms with Crippen molar-refractivity contribution >= 4 is 22.7 Å². The summed E-state index contributed by atoms with van der Waals surface area (Å²) in [6.07, 6.45) is 1.72. The third kappa shape index (κ3) is 2.87. The molecule has 1 fully saturated rings. The van der Waals surface area contributed by atoms with E-state index in [0.29, 0.717) is 24.5 Å². The van der Waals surface area contributed by atoms with Gasteiger partial charge in [0.1, 0.15) is 11.4 Å². The zero-order chi connectivity index (χ0) is 18.3. The number of rotatable bonds is 3. The highest BCUT2D eigenvalue weighted by Crippen LogP contribution is 2.23. The van der Waals surface area contributed by atoms with Crippen molar-refractivity contribution < 1.29 is 9.59 Å². The molecule has 0 radical (unpaired) electrons. The van der Waals surface area contributed by atoms with Gasteiger partial charge in [0.05, 0.1) is 6.04 Å². The van der Waals surface area contributed by atoms with Crippen LogP contribution in [0, 0.1) is 12.8 Å². The van der Waals surface area contributed by atoms with Gasteiger partial charge in [0, 0.05) is 30.2 Å². The summed E-state index contributed by atoms with van der Waals surface area (Å²) in [7, 11) is 0. The standard InChI is InChI=1S/C20H22N4O2/c1-12-5-3-6-15-14(12)9-17(22-15)20(26)24-10-13(2)18(11-24)23-19(25)16-7-4-8-21-16/h3-9,13,18,21-22H,10-11H2,1-2H3,(H,23,25). The van der Waals surface area contributed by atoms with Crippen molar-refractivity contribution in [3.8, 4) is 0 Å². The Morgan fingerprint density at radius 2 is 2.00 bits per heavy atom. The molecule has 2 aromatic heterocycles. The Kier molecular flexibility index (Phi) is 4.03. The molecule has 1 saturated heterocycles. The molecule has 3 heterocycles. The van der Waals surface area contributed by atoms with E-state index in [9.17, 15) is 9.59 Å². The minimum absolute atomic E-state index is 0.0240. The van der Waals surface area contributed by atoms with Crippen molar-refractivity contribution in [1.82, 2.24) is 20.2 Å². The van der Waals surface area contributed by atoms with Crippen molar-refractivity contribution in [2.75, 3.05) is 13.1 Å². The van der Waals surface area contributed by atoms with E-state index in [0.717, 1.165) is 16.5 Å². The number of aromatic amines is 2. The number of hydrogen-bond acceptors (Lipinski definition) is 2. The summed E-state index contributed by atoms with van der Waals surface area (Å²) >= 11 is 0. The van der Waals surface area contributed by atoms with Gasteiger partial charge in [-0.15, -0.1) is 0 Å². The molecule has 1 aliphatic heterocycles. The minimum atomic E-state index is -0.137. The molecule has 6 heteroatoms. The average Bonchev–Trinajstić information content (AvgIpc) is 3.34. The molecule has 26 heavy (non-hydrogen) atoms. The van der Waals surface area contributed by atoms with E-state index in [4.69, 9.17) is 0 Å². The Bertz CT molecular complexity index is 958. The van der Waals surface area contributed by atoms with Crippen LogP contribution >= 0.6 is 0 Å². The Morgan fingerprint density at radius 1 is 1.15 bits per heavy atom. The zero-order valence-corrected chi connectivity index (χ0v) is 14.9. The van der Waals surface area contributed by atoms with Gasteiger partial charge in [-0.1, -0.05) is 19.1 Å². The maximum Gasteiger partial charge on any atom is 0.270 e. The second kappa shape index (κ2) is 6.37. The topological polar surface area (TPSA) is 81.0 Å². The molecule has 1 aromatic carbocycles. The molecule has 0 aliphatic carbocycles. The Labute approximate surface area is 151 Å². The number of carbonyl (C=O) groups is 2. The first-order chi connectivity index (χ1) is 12.5. The van der Waals surface area contributed by atoms with Crippen LogP contribution in [0.5, 0.6) is 0 Å². The fraction of sp³-hybridized carbons (Fsp3) is 0.300. The van der Waals surface area contributed by atoms with Crippen LogP contribution in [-0.4, -0.2) is 45.8 Å². The zero-order valence-electron chi connectivity index (χ0n) is 14.9. The Morgan fingerprint density at radius 3 is 2.73 bits per heavy atom. The predicted octanol–water partition coefficient (Wildman–Crippen LogP) is 2.69. The Balaban J connectivity index is 1.48. The van der Waals surface area contributed by atoms with Crippen LogP contribution in [0.25, 0.3) is 10.9 Å². The van der Waals surface area contributed by atoms with Crippen LogP contribution in [-0.2, 0) is 0 Å². The average molecular weight is 350 g/mol. The van der Waals surface area contributed by atoms with Crippen molar-refractivity contribution in [1.29, 1.82) is 0 Å². The SMILES string of the molecule is Cc1cccc2[nH]c(C(=O)N3CC(C)C(NC(=O)c4ccc[nH]4)C3)cc12. The minimum Gasteiger partial charge on any atom is -0.357 e. The number of benzene rings is 1. The molecule has 1 aliphatic rings. The van der Waals surface area contributed by atoms with Crippen LogP contribution in [0.1, 0.15) is 33.5 Å². The number of fused-ring (bicyclic) bond motifs is 1. The van der Waals surface area contributed by atoms with E-state index in [1.165, 1.54) is 0 Å². The first kappa shape index (κ1) is 16.4. The lowest BCUT2D eigenvalue weighted by Crippen LogP contribution is -2.40. The summed E-state index contributed by atoms with van der Waals surface area (Å²) in [5.74, 6) is 0.0374. The van der Waals surface area contributed by atoms with Gasteiger partial charge in [0.25, 0.3) is 11.8 Å². The number of amides is 2. The van der Waals surface area contributed by atoms with Gasteiger partial charge in [-0.25, -0.2) is 0 Å². The summed E-state index contributed by atoms with van der Waals surface area (Å²) in [5.41, 5.74) is 3.24. The number of H-pyrrole nitrogens is 2. The lowest BCUT2D eigenvalue weighted by molar-refractivity contribution is 0.0776. The number of nitrogens with one attached hydrogen (secondary N) is 3. The first-order valence-corrected chi connectivity index (χ1v) is 8.85. The molecule has 134 valence electrons. The molecule has 2 amide bonds. The molecule has 0 spiro atoms. The van der Waals surface area contributed by atoms with E-state index in [1.54, 1.807) is 18.3 Å². The Hall–Kier alpha value is -3.02. The van der Waals surface area contributed by atoms with Gasteiger partial charge in [0.15, 0.2) is 0 Å². The van der Waals surface area contributed by atoms with Crippen LogP contribution in [0.3, 0.4) is 0 Å². The van der Waals surface area contributed by atoms with Gasteiger partial charge in [0.2, 0.25) is 0 Å². The smallest absolute Gasteiger partial charge is 0.270 e. The monoisotopic (exact) mass is 350 g/mol. The number of likely N-dealkylation sites (tertiary alicyclic amines) is 1. The molecule has 6 nitrogen and oxygen atoms in total. The molecule has 0 bridgehead atoms. The summed E-state index contributed by atoms with van der Waals surface area (Å²) in [4.78, 5) is 33.1.